The summed E-state index contributed by atoms with van der Waals surface area (Å²) >= 11 is 0. The number of hydrogen-bond donors (Lipinski definition) is 0. The molecule has 2 atom stereocenters. The van der Waals surface area contributed by atoms with Crippen molar-refractivity contribution in [2.24, 2.45) is 42.7 Å². The zero-order valence-corrected chi connectivity index (χ0v) is 42.1. The van der Waals surface area contributed by atoms with Gasteiger partial charge < -0.3 is 18.9 Å². The number of azo groups is 1. The van der Waals surface area contributed by atoms with Crippen LogP contribution >= 0.6 is 0 Å². The zero-order valence-electron chi connectivity index (χ0n) is 42.1. The Labute approximate surface area is 402 Å². The second-order valence-corrected chi connectivity index (χ2v) is 20.2. The van der Waals surface area contributed by atoms with Crippen LogP contribution in [0.25, 0.3) is 11.1 Å². The van der Waals surface area contributed by atoms with Gasteiger partial charge in [-0.1, -0.05) is 99.9 Å². The maximum Gasteiger partial charge on any atom is 0.416 e. The average molecular weight is 941 g/mol. The molecule has 0 aliphatic heterocycles. The van der Waals surface area contributed by atoms with E-state index in [2.05, 4.69) is 84.4 Å². The Balaban J connectivity index is 1.47. The van der Waals surface area contributed by atoms with E-state index in [9.17, 15) is 22.8 Å². The number of nitriles is 1. The molecule has 0 amide bonds. The van der Waals surface area contributed by atoms with Crippen LogP contribution < -0.4 is 9.47 Å². The standard InChI is InChI=1S/C55H71F3N4O6/c1-13-49(5,6)37-53(12,48(64)68-34-32-65-45-27-19-40(20-28-45)39-17-21-41(22-18-39)55(56,57)58)54(15-3,16-4)51(9,10)38-52(11,50(7,8)14-2)47(63)67-33-31-66-46-29-25-42(26-30-46)61-62-44-24-23-43(35-59)60-36-44/h17-30,36H,13-16,31-34,37-38H2,1-12H3. The molecule has 0 spiro atoms. The third kappa shape index (κ3) is 12.9. The van der Waals surface area contributed by atoms with E-state index in [0.717, 1.165) is 24.1 Å². The number of rotatable bonds is 24. The molecular weight excluding hydrogens is 870 g/mol. The van der Waals surface area contributed by atoms with Gasteiger partial charge in [0, 0.05) is 0 Å². The summed E-state index contributed by atoms with van der Waals surface area (Å²) in [5.41, 5.74) is -1.76. The van der Waals surface area contributed by atoms with Gasteiger partial charge in [-0.2, -0.15) is 23.5 Å². The van der Waals surface area contributed by atoms with E-state index in [1.807, 2.05) is 19.9 Å². The summed E-state index contributed by atoms with van der Waals surface area (Å²) in [4.78, 5) is 33.4. The molecular formula is C55H71F3N4O6. The molecule has 10 nitrogen and oxygen atoms in total. The van der Waals surface area contributed by atoms with Crippen molar-refractivity contribution in [2.75, 3.05) is 26.4 Å². The molecule has 368 valence electrons. The van der Waals surface area contributed by atoms with E-state index in [4.69, 9.17) is 24.2 Å². The molecule has 0 bridgehead atoms. The molecule has 68 heavy (non-hydrogen) atoms. The van der Waals surface area contributed by atoms with Crippen molar-refractivity contribution in [3.63, 3.8) is 0 Å². The summed E-state index contributed by atoms with van der Waals surface area (Å²) in [6.07, 6.45) is 0.931. The first-order valence-corrected chi connectivity index (χ1v) is 23.6. The lowest BCUT2D eigenvalue weighted by molar-refractivity contribution is -0.190. The highest BCUT2D eigenvalue weighted by atomic mass is 19.4. The molecule has 0 saturated heterocycles. The smallest absolute Gasteiger partial charge is 0.416 e. The summed E-state index contributed by atoms with van der Waals surface area (Å²) in [5.74, 6) is 0.481. The highest BCUT2D eigenvalue weighted by Gasteiger charge is 2.63. The zero-order chi connectivity index (χ0) is 50.6. The monoisotopic (exact) mass is 941 g/mol. The maximum absolute atomic E-state index is 14.9. The summed E-state index contributed by atoms with van der Waals surface area (Å²) in [6.45, 7) is 25.7. The Morgan fingerprint density at radius 1 is 0.574 bits per heavy atom. The first kappa shape index (κ1) is 54.8. The number of carbonyl (C=O) groups is 2. The maximum atomic E-state index is 14.9. The normalized spacial score (nSPS) is 14.4. The van der Waals surface area contributed by atoms with Crippen LogP contribution in [-0.4, -0.2) is 43.4 Å². The van der Waals surface area contributed by atoms with Gasteiger partial charge in [-0.05, 0) is 139 Å². The number of nitrogens with zero attached hydrogens (tertiary/aromatic N) is 4. The van der Waals surface area contributed by atoms with E-state index in [1.165, 1.54) is 18.3 Å². The fraction of sp³-hybridized carbons (Fsp3) is 0.527. The lowest BCUT2D eigenvalue weighted by Gasteiger charge is -2.60. The number of pyridine rings is 1. The predicted molar refractivity (Wildman–Crippen MR) is 260 cm³/mol. The molecule has 4 aromatic rings. The van der Waals surface area contributed by atoms with Gasteiger partial charge in [0.15, 0.2) is 0 Å². The Morgan fingerprint density at radius 2 is 1.04 bits per heavy atom. The third-order valence-electron chi connectivity index (χ3n) is 15.0. The number of alkyl halides is 3. The van der Waals surface area contributed by atoms with Gasteiger partial charge in [-0.25, -0.2) is 4.98 Å². The van der Waals surface area contributed by atoms with Crippen LogP contribution in [-0.2, 0) is 25.2 Å². The summed E-state index contributed by atoms with van der Waals surface area (Å²) in [5, 5.41) is 17.3. The van der Waals surface area contributed by atoms with E-state index in [-0.39, 0.29) is 43.8 Å². The van der Waals surface area contributed by atoms with E-state index >= 15 is 0 Å². The first-order chi connectivity index (χ1) is 31.9. The molecule has 1 heterocycles. The molecule has 0 aliphatic rings. The number of hydrogen-bond acceptors (Lipinski definition) is 10. The molecule has 0 N–H and O–H groups in total. The minimum atomic E-state index is -4.41. The molecule has 1 aromatic heterocycles. The molecule has 0 radical (unpaired) electrons. The fourth-order valence-electron chi connectivity index (χ4n) is 10.0. The number of esters is 2. The van der Waals surface area contributed by atoms with Crippen LogP contribution in [0.4, 0.5) is 24.5 Å². The minimum Gasteiger partial charge on any atom is -0.490 e. The largest absolute Gasteiger partial charge is 0.490 e. The van der Waals surface area contributed by atoms with E-state index < -0.39 is 38.8 Å². The lowest BCUT2D eigenvalue weighted by atomic mass is 9.43. The summed E-state index contributed by atoms with van der Waals surface area (Å²) < 4.78 is 63.4. The molecule has 4 rings (SSSR count). The van der Waals surface area contributed by atoms with Crippen LogP contribution in [0.15, 0.2) is 101 Å². The Morgan fingerprint density at radius 3 is 1.49 bits per heavy atom. The van der Waals surface area contributed by atoms with Crippen molar-refractivity contribution in [2.45, 2.75) is 128 Å². The number of halogens is 3. The topological polar surface area (TPSA) is 132 Å². The van der Waals surface area contributed by atoms with Crippen molar-refractivity contribution in [3.05, 3.63) is 102 Å². The lowest BCUT2D eigenvalue weighted by Crippen LogP contribution is -2.58. The highest BCUT2D eigenvalue weighted by Crippen LogP contribution is 2.65. The molecule has 0 saturated carbocycles. The van der Waals surface area contributed by atoms with Gasteiger partial charge in [0.2, 0.25) is 0 Å². The third-order valence-corrected chi connectivity index (χ3v) is 15.0. The molecule has 0 fully saturated rings. The quantitative estimate of drug-likeness (QED) is 0.0385. The van der Waals surface area contributed by atoms with Crippen LogP contribution in [0.1, 0.15) is 133 Å². The highest BCUT2D eigenvalue weighted by molar-refractivity contribution is 5.79. The van der Waals surface area contributed by atoms with E-state index in [1.54, 1.807) is 60.7 Å². The molecule has 3 aromatic carbocycles. The van der Waals surface area contributed by atoms with E-state index in [0.29, 0.717) is 66.2 Å². The van der Waals surface area contributed by atoms with Crippen molar-refractivity contribution < 1.29 is 41.7 Å². The number of ether oxygens (including phenoxy) is 4. The van der Waals surface area contributed by atoms with Crippen molar-refractivity contribution in [3.8, 4) is 28.7 Å². The Kier molecular flexibility index (Phi) is 18.2. The Bertz CT molecular complexity index is 2330. The second kappa shape index (κ2) is 22.6. The van der Waals surface area contributed by atoms with Gasteiger partial charge in [0.05, 0.1) is 28.3 Å². The van der Waals surface area contributed by atoms with Crippen LogP contribution in [0.2, 0.25) is 0 Å². The van der Waals surface area contributed by atoms with Crippen molar-refractivity contribution in [1.82, 2.24) is 4.98 Å². The van der Waals surface area contributed by atoms with Crippen molar-refractivity contribution >= 4 is 23.3 Å². The van der Waals surface area contributed by atoms with Gasteiger partial charge in [-0.3, -0.25) is 9.59 Å². The van der Waals surface area contributed by atoms with Crippen LogP contribution in [0.5, 0.6) is 11.5 Å². The fourth-order valence-corrected chi connectivity index (χ4v) is 10.0. The van der Waals surface area contributed by atoms with Gasteiger partial charge in [0.25, 0.3) is 0 Å². The van der Waals surface area contributed by atoms with Crippen LogP contribution in [0.3, 0.4) is 0 Å². The molecule has 2 unspecified atom stereocenters. The van der Waals surface area contributed by atoms with Crippen LogP contribution in [0, 0.1) is 43.8 Å². The number of aromatic nitrogens is 1. The SMILES string of the molecule is CCC(C)(C)CC(C)(C(=O)OCCOc1ccc(-c2ccc(C(F)(F)F)cc2)cc1)C(CC)(CC)C(C)(C)CC(C)(C(=O)OCCOc1ccc(N=Nc2ccc(C#N)nc2)cc1)C(C)(C)CC. The second-order valence-electron chi connectivity index (χ2n) is 20.2. The van der Waals surface area contributed by atoms with Gasteiger partial charge >= 0.3 is 18.1 Å². The van der Waals surface area contributed by atoms with Gasteiger partial charge in [0.1, 0.15) is 55.4 Å². The average Bonchev–Trinajstić information content (AvgIpc) is 3.31. The summed E-state index contributed by atoms with van der Waals surface area (Å²) in [7, 11) is 0. The van der Waals surface area contributed by atoms with Gasteiger partial charge in [-0.15, -0.1) is 5.11 Å². The summed E-state index contributed by atoms with van der Waals surface area (Å²) in [6, 6.07) is 24.3. The first-order valence-electron chi connectivity index (χ1n) is 23.6. The number of benzene rings is 3. The minimum absolute atomic E-state index is 0.00758. The Hall–Kier alpha value is -5.77. The van der Waals surface area contributed by atoms with Crippen molar-refractivity contribution in [1.29, 1.82) is 5.26 Å². The number of carbonyl (C=O) groups excluding carboxylic acids is 2. The molecule has 0 aliphatic carbocycles. The predicted octanol–water partition coefficient (Wildman–Crippen LogP) is 15.1. The molecule has 13 heteroatoms.